The van der Waals surface area contributed by atoms with Crippen LogP contribution in [-0.4, -0.2) is 16.6 Å². The standard InChI is InChI=1S/C18H21NO2/c1-18(2,12-11-14-7-4-3-5-8-14)19-17(21)15-9-6-10-16(20)13-15/h3-10,13,20H,11-12H2,1-2H3,(H,19,21). The van der Waals surface area contributed by atoms with Crippen LogP contribution in [0.3, 0.4) is 0 Å². The van der Waals surface area contributed by atoms with Crippen LogP contribution in [0.5, 0.6) is 5.75 Å². The number of aryl methyl sites for hydroxylation is 1. The molecule has 3 heteroatoms. The highest BCUT2D eigenvalue weighted by atomic mass is 16.3. The Kier molecular flexibility index (Phi) is 4.63. The lowest BCUT2D eigenvalue weighted by molar-refractivity contribution is 0.0909. The van der Waals surface area contributed by atoms with Crippen molar-refractivity contribution in [3.05, 3.63) is 65.7 Å². The number of phenolic OH excluding ortho intramolecular Hbond substituents is 1. The molecule has 0 heterocycles. The smallest absolute Gasteiger partial charge is 0.251 e. The normalized spacial score (nSPS) is 11.1. The summed E-state index contributed by atoms with van der Waals surface area (Å²) in [6.45, 7) is 4.02. The van der Waals surface area contributed by atoms with E-state index in [2.05, 4.69) is 17.4 Å². The second kappa shape index (κ2) is 6.44. The molecule has 0 spiro atoms. The fourth-order valence-corrected chi connectivity index (χ4v) is 2.19. The number of aromatic hydroxyl groups is 1. The van der Waals surface area contributed by atoms with Crippen LogP contribution in [0.15, 0.2) is 54.6 Å². The van der Waals surface area contributed by atoms with Crippen molar-refractivity contribution in [2.75, 3.05) is 0 Å². The second-order valence-electron chi connectivity index (χ2n) is 5.87. The maximum Gasteiger partial charge on any atom is 0.251 e. The van der Waals surface area contributed by atoms with Gasteiger partial charge in [0.2, 0.25) is 0 Å². The van der Waals surface area contributed by atoms with Crippen molar-refractivity contribution in [3.63, 3.8) is 0 Å². The van der Waals surface area contributed by atoms with Crippen molar-refractivity contribution < 1.29 is 9.90 Å². The zero-order valence-corrected chi connectivity index (χ0v) is 12.5. The van der Waals surface area contributed by atoms with E-state index in [4.69, 9.17) is 0 Å². The Hall–Kier alpha value is -2.29. The first-order valence-electron chi connectivity index (χ1n) is 7.12. The molecule has 0 unspecified atom stereocenters. The number of carbonyl (C=O) groups excluding carboxylic acids is 1. The molecule has 21 heavy (non-hydrogen) atoms. The Morgan fingerprint density at radius 3 is 2.48 bits per heavy atom. The summed E-state index contributed by atoms with van der Waals surface area (Å²) in [6.07, 6.45) is 1.76. The molecule has 0 atom stereocenters. The van der Waals surface area contributed by atoms with E-state index < -0.39 is 0 Å². The summed E-state index contributed by atoms with van der Waals surface area (Å²) in [5, 5.41) is 12.5. The minimum absolute atomic E-state index is 0.102. The molecular formula is C18H21NO2. The van der Waals surface area contributed by atoms with E-state index in [1.165, 1.54) is 11.6 Å². The zero-order valence-electron chi connectivity index (χ0n) is 12.5. The van der Waals surface area contributed by atoms with Crippen molar-refractivity contribution in [2.24, 2.45) is 0 Å². The fraction of sp³-hybridized carbons (Fsp3) is 0.278. The molecule has 0 bridgehead atoms. The van der Waals surface area contributed by atoms with Gasteiger partial charge in [0.05, 0.1) is 0 Å². The van der Waals surface area contributed by atoms with Gasteiger partial charge < -0.3 is 10.4 Å². The van der Waals surface area contributed by atoms with Crippen LogP contribution in [-0.2, 0) is 6.42 Å². The Balaban J connectivity index is 1.95. The topological polar surface area (TPSA) is 49.3 Å². The minimum atomic E-state index is -0.307. The molecule has 2 aromatic rings. The quantitative estimate of drug-likeness (QED) is 0.882. The fourth-order valence-electron chi connectivity index (χ4n) is 2.19. The van der Waals surface area contributed by atoms with E-state index in [0.717, 1.165) is 12.8 Å². The van der Waals surface area contributed by atoms with E-state index in [1.807, 2.05) is 32.0 Å². The first kappa shape index (κ1) is 15.1. The SMILES string of the molecule is CC(C)(CCc1ccccc1)NC(=O)c1cccc(O)c1. The number of hydrogen-bond donors (Lipinski definition) is 2. The van der Waals surface area contributed by atoms with Gasteiger partial charge in [0.25, 0.3) is 5.91 Å². The summed E-state index contributed by atoms with van der Waals surface area (Å²) in [5.74, 6) is -0.0614. The van der Waals surface area contributed by atoms with Crippen LogP contribution >= 0.6 is 0 Å². The van der Waals surface area contributed by atoms with Gasteiger partial charge in [-0.25, -0.2) is 0 Å². The van der Waals surface area contributed by atoms with Gasteiger partial charge in [0.15, 0.2) is 0 Å². The average molecular weight is 283 g/mol. The van der Waals surface area contributed by atoms with E-state index in [0.29, 0.717) is 5.56 Å². The Morgan fingerprint density at radius 1 is 1.10 bits per heavy atom. The van der Waals surface area contributed by atoms with Crippen molar-refractivity contribution >= 4 is 5.91 Å². The van der Waals surface area contributed by atoms with Crippen molar-refractivity contribution in [1.82, 2.24) is 5.32 Å². The monoisotopic (exact) mass is 283 g/mol. The summed E-state index contributed by atoms with van der Waals surface area (Å²) in [5.41, 5.74) is 1.43. The van der Waals surface area contributed by atoms with Crippen molar-refractivity contribution in [1.29, 1.82) is 0 Å². The molecule has 0 aliphatic carbocycles. The number of nitrogens with one attached hydrogen (secondary N) is 1. The van der Waals surface area contributed by atoms with Gasteiger partial charge in [-0.3, -0.25) is 4.79 Å². The molecule has 0 aromatic heterocycles. The van der Waals surface area contributed by atoms with Crippen LogP contribution in [0.4, 0.5) is 0 Å². The Bertz CT molecular complexity index is 606. The van der Waals surface area contributed by atoms with Crippen LogP contribution < -0.4 is 5.32 Å². The van der Waals surface area contributed by atoms with Crippen molar-refractivity contribution in [3.8, 4) is 5.75 Å². The molecule has 2 rings (SSSR count). The molecule has 0 saturated carbocycles. The largest absolute Gasteiger partial charge is 0.508 e. The van der Waals surface area contributed by atoms with E-state index >= 15 is 0 Å². The van der Waals surface area contributed by atoms with E-state index in [-0.39, 0.29) is 17.2 Å². The van der Waals surface area contributed by atoms with E-state index in [9.17, 15) is 9.90 Å². The van der Waals surface area contributed by atoms with Gasteiger partial charge in [-0.1, -0.05) is 36.4 Å². The molecular weight excluding hydrogens is 262 g/mol. The molecule has 1 amide bonds. The summed E-state index contributed by atoms with van der Waals surface area (Å²) in [7, 11) is 0. The molecule has 0 saturated heterocycles. The third-order valence-corrected chi connectivity index (χ3v) is 3.44. The van der Waals surface area contributed by atoms with Crippen LogP contribution in [0, 0.1) is 0 Å². The lowest BCUT2D eigenvalue weighted by Crippen LogP contribution is -2.43. The van der Waals surface area contributed by atoms with Crippen LogP contribution in [0.2, 0.25) is 0 Å². The average Bonchev–Trinajstić information content (AvgIpc) is 2.46. The maximum atomic E-state index is 12.2. The molecule has 0 radical (unpaired) electrons. The van der Waals surface area contributed by atoms with Gasteiger partial charge in [0.1, 0.15) is 5.75 Å². The molecule has 110 valence electrons. The Labute approximate surface area is 125 Å². The number of carbonyl (C=O) groups is 1. The van der Waals surface area contributed by atoms with E-state index in [1.54, 1.807) is 18.2 Å². The molecule has 2 N–H and O–H groups in total. The number of hydrogen-bond acceptors (Lipinski definition) is 2. The highest BCUT2D eigenvalue weighted by molar-refractivity contribution is 5.95. The number of rotatable bonds is 5. The first-order chi connectivity index (χ1) is 9.96. The van der Waals surface area contributed by atoms with Gasteiger partial charge in [-0.2, -0.15) is 0 Å². The van der Waals surface area contributed by atoms with Gasteiger partial charge in [-0.05, 0) is 50.5 Å². The third kappa shape index (κ3) is 4.63. The van der Waals surface area contributed by atoms with Crippen LogP contribution in [0.1, 0.15) is 36.2 Å². The summed E-state index contributed by atoms with van der Waals surface area (Å²) >= 11 is 0. The number of phenols is 1. The highest BCUT2D eigenvalue weighted by Gasteiger charge is 2.21. The summed E-state index contributed by atoms with van der Waals surface area (Å²) in [6, 6.07) is 16.6. The minimum Gasteiger partial charge on any atom is -0.508 e. The molecule has 0 aliphatic rings. The van der Waals surface area contributed by atoms with Crippen molar-refractivity contribution in [2.45, 2.75) is 32.2 Å². The number of benzene rings is 2. The predicted molar refractivity (Wildman–Crippen MR) is 84.4 cm³/mol. The first-order valence-corrected chi connectivity index (χ1v) is 7.12. The maximum absolute atomic E-state index is 12.2. The molecule has 0 fully saturated rings. The Morgan fingerprint density at radius 2 is 1.81 bits per heavy atom. The molecule has 2 aromatic carbocycles. The lowest BCUT2D eigenvalue weighted by Gasteiger charge is -2.26. The number of amides is 1. The zero-order chi connectivity index (χ0) is 15.3. The van der Waals surface area contributed by atoms with Gasteiger partial charge in [0, 0.05) is 11.1 Å². The lowest BCUT2D eigenvalue weighted by atomic mass is 9.95. The summed E-state index contributed by atoms with van der Waals surface area (Å²) < 4.78 is 0. The third-order valence-electron chi connectivity index (χ3n) is 3.44. The molecule has 0 aliphatic heterocycles. The second-order valence-corrected chi connectivity index (χ2v) is 5.87. The summed E-state index contributed by atoms with van der Waals surface area (Å²) in [4.78, 5) is 12.2. The predicted octanol–water partition coefficient (Wildman–Crippen LogP) is 3.53. The van der Waals surface area contributed by atoms with Gasteiger partial charge in [-0.15, -0.1) is 0 Å². The van der Waals surface area contributed by atoms with Crippen LogP contribution in [0.25, 0.3) is 0 Å². The highest BCUT2D eigenvalue weighted by Crippen LogP contribution is 2.16. The van der Waals surface area contributed by atoms with Gasteiger partial charge >= 0.3 is 0 Å². The molecule has 3 nitrogen and oxygen atoms in total.